The van der Waals surface area contributed by atoms with Crippen LogP contribution in [-0.2, 0) is 11.2 Å². The second-order valence-electron chi connectivity index (χ2n) is 7.74. The minimum Gasteiger partial charge on any atom is -0.497 e. The lowest BCUT2D eigenvalue weighted by Gasteiger charge is -2.38. The van der Waals surface area contributed by atoms with Crippen LogP contribution in [0.15, 0.2) is 18.2 Å². The molecule has 1 unspecified atom stereocenters. The molecule has 2 aliphatic rings. The van der Waals surface area contributed by atoms with Gasteiger partial charge >= 0.3 is 0 Å². The monoisotopic (exact) mass is 396 g/mol. The number of carbonyl (C=O) groups excluding carboxylic acids is 1. The Kier molecular flexibility index (Phi) is 8.24. The Morgan fingerprint density at radius 1 is 1.15 bits per heavy atom. The van der Waals surface area contributed by atoms with E-state index in [0.717, 1.165) is 63.4 Å². The second kappa shape index (κ2) is 10.2. The molecule has 152 valence electrons. The summed E-state index contributed by atoms with van der Waals surface area (Å²) in [7, 11) is 3.37. The maximum absolute atomic E-state index is 12.6. The molecule has 0 radical (unpaired) electrons. The zero-order valence-corrected chi connectivity index (χ0v) is 17.5. The van der Waals surface area contributed by atoms with Gasteiger partial charge in [0.05, 0.1) is 14.2 Å². The van der Waals surface area contributed by atoms with Gasteiger partial charge in [0.1, 0.15) is 11.5 Å². The van der Waals surface area contributed by atoms with Crippen molar-refractivity contribution in [3.63, 3.8) is 0 Å². The number of ether oxygens (including phenoxy) is 2. The van der Waals surface area contributed by atoms with Crippen molar-refractivity contribution in [1.29, 1.82) is 0 Å². The van der Waals surface area contributed by atoms with E-state index in [0.29, 0.717) is 17.7 Å². The van der Waals surface area contributed by atoms with Gasteiger partial charge in [-0.25, -0.2) is 0 Å². The van der Waals surface area contributed by atoms with Gasteiger partial charge in [-0.3, -0.25) is 4.79 Å². The number of nitrogens with zero attached hydrogens (tertiary/aromatic N) is 1. The molecule has 1 aromatic rings. The molecule has 6 heteroatoms. The van der Waals surface area contributed by atoms with Crippen molar-refractivity contribution >= 4 is 18.3 Å². The Morgan fingerprint density at radius 2 is 1.74 bits per heavy atom. The van der Waals surface area contributed by atoms with Gasteiger partial charge in [-0.1, -0.05) is 6.92 Å². The Morgan fingerprint density at radius 3 is 2.22 bits per heavy atom. The number of aryl methyl sites for hydroxylation is 1. The van der Waals surface area contributed by atoms with E-state index < -0.39 is 0 Å². The fourth-order valence-corrected chi connectivity index (χ4v) is 3.98. The van der Waals surface area contributed by atoms with Crippen molar-refractivity contribution in [2.45, 2.75) is 32.6 Å². The molecule has 27 heavy (non-hydrogen) atoms. The lowest BCUT2D eigenvalue weighted by molar-refractivity contribution is -0.138. The third kappa shape index (κ3) is 5.52. The summed E-state index contributed by atoms with van der Waals surface area (Å²) < 4.78 is 10.7. The second-order valence-corrected chi connectivity index (χ2v) is 7.74. The van der Waals surface area contributed by atoms with Gasteiger partial charge in [-0.2, -0.15) is 0 Å². The Labute approximate surface area is 169 Å². The van der Waals surface area contributed by atoms with Crippen LogP contribution in [0.2, 0.25) is 0 Å². The van der Waals surface area contributed by atoms with Crippen LogP contribution in [-0.4, -0.2) is 51.2 Å². The predicted molar refractivity (Wildman–Crippen MR) is 110 cm³/mol. The molecule has 2 fully saturated rings. The molecule has 2 saturated heterocycles. The Bertz CT molecular complexity index is 591. The first-order chi connectivity index (χ1) is 12.6. The lowest BCUT2D eigenvalue weighted by Crippen LogP contribution is -2.51. The van der Waals surface area contributed by atoms with Crippen LogP contribution in [0.25, 0.3) is 0 Å². The molecule has 0 aliphatic carbocycles. The minimum absolute atomic E-state index is 0. The SMILES string of the molecule is COc1cc(CCC2CCN(C(=O)C(C)C3CNC3)CC2)cc(OC)c1.Cl. The molecule has 0 saturated carbocycles. The molecule has 1 atom stereocenters. The van der Waals surface area contributed by atoms with Crippen LogP contribution < -0.4 is 14.8 Å². The number of benzene rings is 1. The fraction of sp³-hybridized carbons (Fsp3) is 0.667. The third-order valence-electron chi connectivity index (χ3n) is 6.09. The van der Waals surface area contributed by atoms with Gasteiger partial charge in [0.15, 0.2) is 0 Å². The van der Waals surface area contributed by atoms with Gasteiger partial charge < -0.3 is 19.7 Å². The highest BCUT2D eigenvalue weighted by Crippen LogP contribution is 2.28. The first kappa shape index (κ1) is 21.8. The Hall–Kier alpha value is -1.46. The molecule has 3 rings (SSSR count). The highest BCUT2D eigenvalue weighted by molar-refractivity contribution is 5.85. The van der Waals surface area contributed by atoms with Crippen molar-refractivity contribution in [2.24, 2.45) is 17.8 Å². The van der Waals surface area contributed by atoms with Crippen molar-refractivity contribution in [3.8, 4) is 11.5 Å². The number of carbonyl (C=O) groups is 1. The maximum atomic E-state index is 12.6. The van der Waals surface area contributed by atoms with E-state index in [9.17, 15) is 4.79 Å². The molecular formula is C21H33ClN2O3. The summed E-state index contributed by atoms with van der Waals surface area (Å²) in [6.45, 7) is 5.90. The molecule has 0 spiro atoms. The number of hydrogen-bond acceptors (Lipinski definition) is 4. The van der Waals surface area contributed by atoms with Crippen molar-refractivity contribution in [3.05, 3.63) is 23.8 Å². The summed E-state index contributed by atoms with van der Waals surface area (Å²) in [5, 5.41) is 3.27. The lowest BCUT2D eigenvalue weighted by atomic mass is 9.86. The van der Waals surface area contributed by atoms with Gasteiger partial charge in [-0.15, -0.1) is 12.4 Å². The number of rotatable bonds is 7. The van der Waals surface area contributed by atoms with E-state index in [1.807, 2.05) is 6.07 Å². The van der Waals surface area contributed by atoms with Crippen molar-refractivity contribution in [2.75, 3.05) is 40.4 Å². The van der Waals surface area contributed by atoms with Crippen LogP contribution in [0.3, 0.4) is 0 Å². The summed E-state index contributed by atoms with van der Waals surface area (Å²) in [6.07, 6.45) is 4.40. The molecule has 2 heterocycles. The summed E-state index contributed by atoms with van der Waals surface area (Å²) in [5.41, 5.74) is 1.26. The van der Waals surface area contributed by atoms with Gasteiger partial charge in [0.25, 0.3) is 0 Å². The molecule has 2 aliphatic heterocycles. The average Bonchev–Trinajstić information content (AvgIpc) is 2.64. The number of amides is 1. The maximum Gasteiger partial charge on any atom is 0.225 e. The normalized spacial score (nSPS) is 19.0. The third-order valence-corrected chi connectivity index (χ3v) is 6.09. The quantitative estimate of drug-likeness (QED) is 0.769. The molecule has 0 bridgehead atoms. The van der Waals surface area contributed by atoms with Crippen LogP contribution in [0, 0.1) is 17.8 Å². The number of nitrogens with one attached hydrogen (secondary N) is 1. The average molecular weight is 397 g/mol. The number of hydrogen-bond donors (Lipinski definition) is 1. The Balaban J connectivity index is 0.00000261. The zero-order valence-electron chi connectivity index (χ0n) is 16.7. The number of likely N-dealkylation sites (tertiary alicyclic amines) is 1. The molecule has 0 aromatic heterocycles. The first-order valence-corrected chi connectivity index (χ1v) is 9.82. The summed E-state index contributed by atoms with van der Waals surface area (Å²) in [6, 6.07) is 6.09. The molecule has 5 nitrogen and oxygen atoms in total. The number of halogens is 1. The van der Waals surface area contributed by atoms with E-state index >= 15 is 0 Å². The van der Waals surface area contributed by atoms with E-state index in [4.69, 9.17) is 9.47 Å². The predicted octanol–water partition coefficient (Wildman–Crippen LogP) is 3.15. The van der Waals surface area contributed by atoms with Gasteiger partial charge in [-0.05, 0) is 68.3 Å². The van der Waals surface area contributed by atoms with E-state index in [1.54, 1.807) is 14.2 Å². The molecular weight excluding hydrogens is 364 g/mol. The summed E-state index contributed by atoms with van der Waals surface area (Å²) in [4.78, 5) is 14.7. The van der Waals surface area contributed by atoms with Crippen LogP contribution in [0.5, 0.6) is 11.5 Å². The van der Waals surface area contributed by atoms with Crippen molar-refractivity contribution in [1.82, 2.24) is 10.2 Å². The topological polar surface area (TPSA) is 50.8 Å². The van der Waals surface area contributed by atoms with E-state index in [-0.39, 0.29) is 18.3 Å². The van der Waals surface area contributed by atoms with Crippen LogP contribution in [0.1, 0.15) is 31.7 Å². The van der Waals surface area contributed by atoms with E-state index in [2.05, 4.69) is 29.3 Å². The first-order valence-electron chi connectivity index (χ1n) is 9.82. The fourth-order valence-electron chi connectivity index (χ4n) is 3.98. The number of piperidine rings is 1. The van der Waals surface area contributed by atoms with Crippen LogP contribution >= 0.6 is 12.4 Å². The van der Waals surface area contributed by atoms with Gasteiger partial charge in [0, 0.05) is 25.1 Å². The highest BCUT2D eigenvalue weighted by Gasteiger charge is 2.33. The smallest absolute Gasteiger partial charge is 0.225 e. The number of methoxy groups -OCH3 is 2. The zero-order chi connectivity index (χ0) is 18.5. The summed E-state index contributed by atoms with van der Waals surface area (Å²) in [5.74, 6) is 3.43. The standard InChI is InChI=1S/C21H32N2O3.ClH/c1-15(18-13-22-14-18)21(24)23-8-6-16(7-9-23)4-5-17-10-19(25-2)12-20(11-17)26-3;/h10-12,15-16,18,22H,4-9,13-14H2,1-3H3;1H. The minimum atomic E-state index is 0. The molecule has 1 N–H and O–H groups in total. The highest BCUT2D eigenvalue weighted by atomic mass is 35.5. The molecule has 1 amide bonds. The molecule has 1 aromatic carbocycles. The van der Waals surface area contributed by atoms with Crippen molar-refractivity contribution < 1.29 is 14.3 Å². The summed E-state index contributed by atoms with van der Waals surface area (Å²) >= 11 is 0. The van der Waals surface area contributed by atoms with Crippen LogP contribution in [0.4, 0.5) is 0 Å². The largest absolute Gasteiger partial charge is 0.497 e. The van der Waals surface area contributed by atoms with E-state index in [1.165, 1.54) is 5.56 Å². The van der Waals surface area contributed by atoms with Gasteiger partial charge in [0.2, 0.25) is 5.91 Å².